The Kier molecular flexibility index (Phi) is 26.7. The van der Waals surface area contributed by atoms with E-state index in [2.05, 4.69) is 31.9 Å². The van der Waals surface area contributed by atoms with E-state index >= 15 is 0 Å². The van der Waals surface area contributed by atoms with E-state index < -0.39 is 145 Å². The first-order valence-corrected chi connectivity index (χ1v) is 20.9. The van der Waals surface area contributed by atoms with Crippen LogP contribution in [0, 0.1) is 17.8 Å². The number of amides is 8. The molecule has 0 aromatic rings. The molecule has 0 fully saturated rings. The Bertz CT molecular complexity index is 1650. The third kappa shape index (κ3) is 22.4. The number of unbranched alkanes of at least 4 members (excludes halogenated alkanes) is 1. The van der Waals surface area contributed by atoms with Crippen molar-refractivity contribution in [3.63, 3.8) is 0 Å². The molecule has 0 spiro atoms. The molecule has 64 heavy (non-hydrogen) atoms. The number of rotatable bonds is 32. The normalized spacial score (nSPS) is 15.4. The summed E-state index contributed by atoms with van der Waals surface area (Å²) in [6.07, 6.45) is -1.95. The number of carbonyl (C=O) groups is 11. The second-order valence-corrected chi connectivity index (χ2v) is 16.3. The van der Waals surface area contributed by atoms with Gasteiger partial charge in [0.25, 0.3) is 0 Å². The second kappa shape index (κ2) is 29.4. The highest BCUT2D eigenvalue weighted by atomic mass is 16.4. The zero-order chi connectivity index (χ0) is 49.4. The van der Waals surface area contributed by atoms with Crippen LogP contribution in [0.4, 0.5) is 0 Å². The fourth-order valence-electron chi connectivity index (χ4n) is 6.00. The average molecular weight is 917 g/mol. The SMILES string of the molecule is CC[C@H](C)[C@H](NC(=O)[C@H](CCCCN)NC(=O)[C@H](CC(C)C)NC(=O)[C@@H](N)CO)C(=O)N[C@@H](CC(=O)O)C(=O)N[C@@H](CC(N)=O)C(=O)N[C@@H](CC(C)C)C(=O)N[C@@H](CC(=O)O)C(=O)O. The molecule has 0 aliphatic heterocycles. The Morgan fingerprint density at radius 1 is 0.516 bits per heavy atom. The van der Waals surface area contributed by atoms with Crippen molar-refractivity contribution in [2.45, 2.75) is 148 Å². The van der Waals surface area contributed by atoms with Crippen molar-refractivity contribution in [1.82, 2.24) is 37.2 Å². The van der Waals surface area contributed by atoms with Crippen LogP contribution in [-0.4, -0.2) is 147 Å². The van der Waals surface area contributed by atoms with Crippen molar-refractivity contribution >= 4 is 65.2 Å². The maximum Gasteiger partial charge on any atom is 0.326 e. The summed E-state index contributed by atoms with van der Waals surface area (Å²) in [5.74, 6) is -14.2. The molecule has 364 valence electrons. The molecule has 25 heteroatoms. The van der Waals surface area contributed by atoms with Gasteiger partial charge in [0.2, 0.25) is 47.3 Å². The molecule has 0 saturated heterocycles. The van der Waals surface area contributed by atoms with Crippen LogP contribution in [0.5, 0.6) is 0 Å². The van der Waals surface area contributed by atoms with Crippen LogP contribution in [0.25, 0.3) is 0 Å². The molecule has 0 aliphatic rings. The van der Waals surface area contributed by atoms with E-state index in [1.165, 1.54) is 0 Å². The zero-order valence-corrected chi connectivity index (χ0v) is 37.1. The van der Waals surface area contributed by atoms with Gasteiger partial charge in [-0.05, 0) is 56.4 Å². The van der Waals surface area contributed by atoms with Crippen LogP contribution in [0.15, 0.2) is 0 Å². The zero-order valence-electron chi connectivity index (χ0n) is 37.1. The summed E-state index contributed by atoms with van der Waals surface area (Å²) in [4.78, 5) is 141. The van der Waals surface area contributed by atoms with Gasteiger partial charge in [0.15, 0.2) is 0 Å². The molecule has 0 radical (unpaired) electrons. The highest BCUT2D eigenvalue weighted by Crippen LogP contribution is 2.13. The largest absolute Gasteiger partial charge is 0.481 e. The lowest BCUT2D eigenvalue weighted by Gasteiger charge is -2.29. The summed E-state index contributed by atoms with van der Waals surface area (Å²) in [5.41, 5.74) is 16.6. The van der Waals surface area contributed by atoms with Crippen LogP contribution in [0.3, 0.4) is 0 Å². The number of hydrogen-bond donors (Lipinski definition) is 14. The highest BCUT2D eigenvalue weighted by Gasteiger charge is 2.37. The lowest BCUT2D eigenvalue weighted by molar-refractivity contribution is -0.147. The molecular formula is C39H68N10O15. The first-order valence-electron chi connectivity index (χ1n) is 20.9. The van der Waals surface area contributed by atoms with Gasteiger partial charge in [0, 0.05) is 0 Å². The number of nitrogens with two attached hydrogens (primary N) is 3. The van der Waals surface area contributed by atoms with E-state index in [4.69, 9.17) is 22.3 Å². The topological polar surface area (TPSA) is 431 Å². The van der Waals surface area contributed by atoms with E-state index in [-0.39, 0.29) is 44.1 Å². The number of nitrogens with one attached hydrogen (secondary N) is 7. The predicted octanol–water partition coefficient (Wildman–Crippen LogP) is -4.12. The molecule has 9 atom stereocenters. The quantitative estimate of drug-likeness (QED) is 0.0285. The molecule has 8 amide bonds. The summed E-state index contributed by atoms with van der Waals surface area (Å²) in [5, 5.41) is 53.8. The summed E-state index contributed by atoms with van der Waals surface area (Å²) in [7, 11) is 0. The van der Waals surface area contributed by atoms with Gasteiger partial charge in [-0.3, -0.25) is 47.9 Å². The molecule has 0 saturated carbocycles. The Hall–Kier alpha value is -5.95. The van der Waals surface area contributed by atoms with Crippen LogP contribution >= 0.6 is 0 Å². The number of carboxylic acids is 3. The molecule has 0 aliphatic carbocycles. The Morgan fingerprint density at radius 3 is 1.33 bits per heavy atom. The second-order valence-electron chi connectivity index (χ2n) is 16.3. The van der Waals surface area contributed by atoms with Crippen molar-refractivity contribution in [3.8, 4) is 0 Å². The van der Waals surface area contributed by atoms with Gasteiger partial charge < -0.3 is 74.8 Å². The Labute approximate surface area is 370 Å². The molecule has 0 bridgehead atoms. The van der Waals surface area contributed by atoms with Crippen molar-refractivity contribution in [2.24, 2.45) is 35.0 Å². The number of carbonyl (C=O) groups excluding carboxylic acids is 8. The number of carboxylic acid groups (broad SMARTS) is 3. The fraction of sp³-hybridized carbons (Fsp3) is 0.718. The molecule has 17 N–H and O–H groups in total. The molecule has 0 rings (SSSR count). The average Bonchev–Trinajstić information content (AvgIpc) is 3.19. The van der Waals surface area contributed by atoms with E-state index in [0.717, 1.165) is 0 Å². The standard InChI is InChI=1S/C39H68N10O15/c1-7-20(6)31(49-33(57)22(10-8-9-11-40)43-34(58)23(12-18(2)3)44-32(56)21(41)17-50)38(62)47-26(15-29(52)53)37(61)46-25(14-28(42)51)36(60)45-24(13-19(4)5)35(59)48-27(39(63)64)16-30(54)55/h18-27,31,50H,7-17,40-41H2,1-6H3,(H2,42,51)(H,43,58)(H,44,56)(H,45,60)(H,46,61)(H,47,62)(H,48,59)(H,49,57)(H,52,53)(H,54,55)(H,63,64)/t20-,21-,22-,23-,24-,25-,26-,27-,31-/m0/s1. The van der Waals surface area contributed by atoms with Crippen LogP contribution in [-0.2, 0) is 52.7 Å². The van der Waals surface area contributed by atoms with Crippen molar-refractivity contribution < 1.29 is 73.2 Å². The number of aliphatic carboxylic acids is 3. The minimum Gasteiger partial charge on any atom is -0.481 e. The van der Waals surface area contributed by atoms with Gasteiger partial charge in [-0.25, -0.2) is 4.79 Å². The Balaban J connectivity index is 6.60. The smallest absolute Gasteiger partial charge is 0.326 e. The lowest BCUT2D eigenvalue weighted by Crippen LogP contribution is -2.61. The van der Waals surface area contributed by atoms with Crippen LogP contribution < -0.4 is 54.4 Å². The minimum absolute atomic E-state index is 0.0254. The maximum absolute atomic E-state index is 13.9. The first kappa shape index (κ1) is 58.0. The van der Waals surface area contributed by atoms with E-state index in [1.807, 2.05) is 5.32 Å². The molecular weight excluding hydrogens is 848 g/mol. The van der Waals surface area contributed by atoms with Gasteiger partial charge in [-0.1, -0.05) is 48.0 Å². The lowest BCUT2D eigenvalue weighted by atomic mass is 9.96. The molecule has 0 heterocycles. The predicted molar refractivity (Wildman–Crippen MR) is 226 cm³/mol. The number of hydrogen-bond acceptors (Lipinski definition) is 14. The molecule has 25 nitrogen and oxygen atoms in total. The maximum atomic E-state index is 13.9. The summed E-state index contributed by atoms with van der Waals surface area (Å²) >= 11 is 0. The van der Waals surface area contributed by atoms with Crippen molar-refractivity contribution in [2.75, 3.05) is 13.2 Å². The number of primary amides is 1. The highest BCUT2D eigenvalue weighted by molar-refractivity contribution is 5.99. The third-order valence-corrected chi connectivity index (χ3v) is 9.63. The number of aliphatic hydroxyl groups excluding tert-OH is 1. The van der Waals surface area contributed by atoms with E-state index in [1.54, 1.807) is 41.5 Å². The van der Waals surface area contributed by atoms with Gasteiger partial charge >= 0.3 is 17.9 Å². The van der Waals surface area contributed by atoms with Crippen LogP contribution in [0.1, 0.15) is 99.3 Å². The van der Waals surface area contributed by atoms with Gasteiger partial charge in [-0.15, -0.1) is 0 Å². The van der Waals surface area contributed by atoms with Crippen molar-refractivity contribution in [1.29, 1.82) is 0 Å². The third-order valence-electron chi connectivity index (χ3n) is 9.63. The minimum atomic E-state index is -1.95. The summed E-state index contributed by atoms with van der Waals surface area (Å²) in [6.45, 7) is 9.61. The first-order chi connectivity index (χ1) is 29.8. The van der Waals surface area contributed by atoms with E-state index in [0.29, 0.717) is 12.8 Å². The van der Waals surface area contributed by atoms with E-state index in [9.17, 15) is 68.1 Å². The monoisotopic (exact) mass is 916 g/mol. The number of aliphatic hydroxyl groups is 1. The van der Waals surface area contributed by atoms with Crippen LogP contribution in [0.2, 0.25) is 0 Å². The molecule has 0 aromatic carbocycles. The summed E-state index contributed by atoms with van der Waals surface area (Å²) in [6, 6.07) is -12.5. The van der Waals surface area contributed by atoms with Crippen molar-refractivity contribution in [3.05, 3.63) is 0 Å². The summed E-state index contributed by atoms with van der Waals surface area (Å²) < 4.78 is 0. The fourth-order valence-corrected chi connectivity index (χ4v) is 6.00. The molecule has 0 unspecified atom stereocenters. The van der Waals surface area contributed by atoms with Gasteiger partial charge in [0.05, 0.1) is 25.9 Å². The Morgan fingerprint density at radius 2 is 0.906 bits per heavy atom. The molecule has 0 aromatic heterocycles. The van der Waals surface area contributed by atoms with Gasteiger partial charge in [-0.2, -0.15) is 0 Å². The van der Waals surface area contributed by atoms with Gasteiger partial charge in [0.1, 0.15) is 48.3 Å².